The van der Waals surface area contributed by atoms with Crippen molar-refractivity contribution in [3.63, 3.8) is 0 Å². The van der Waals surface area contributed by atoms with Gasteiger partial charge in [0.1, 0.15) is 11.3 Å². The number of pyridine rings is 1. The van der Waals surface area contributed by atoms with E-state index in [0.717, 1.165) is 17.5 Å². The summed E-state index contributed by atoms with van der Waals surface area (Å²) >= 11 is 0. The van der Waals surface area contributed by atoms with Gasteiger partial charge in [-0.05, 0) is 29.2 Å². The molecule has 2 heterocycles. The smallest absolute Gasteiger partial charge is 0.203 e. The summed E-state index contributed by atoms with van der Waals surface area (Å²) < 4.78 is 5.93. The second-order valence-electron chi connectivity index (χ2n) is 6.42. The zero-order valence-electron chi connectivity index (χ0n) is 14.9. The number of benzene rings is 2. The maximum Gasteiger partial charge on any atom is 0.203 e. The van der Waals surface area contributed by atoms with Crippen LogP contribution < -0.4 is 5.73 Å². The van der Waals surface area contributed by atoms with E-state index in [0.29, 0.717) is 24.7 Å². The highest BCUT2D eigenvalue weighted by molar-refractivity contribution is 5.77. The molecular formula is C21H21N5O. The van der Waals surface area contributed by atoms with E-state index in [1.807, 2.05) is 42.5 Å². The van der Waals surface area contributed by atoms with E-state index in [4.69, 9.17) is 10.5 Å². The Balaban J connectivity index is 1.57. The first kappa shape index (κ1) is 17.2. The fourth-order valence-corrected chi connectivity index (χ4v) is 3.30. The molecular weight excluding hydrogens is 338 g/mol. The SMILES string of the molecule is Nc1cc([C@H](CCOCc2ccccc2)c2ccccc2)c2n[nH]nc2n1. The fourth-order valence-electron chi connectivity index (χ4n) is 3.30. The van der Waals surface area contributed by atoms with Crippen LogP contribution in [0.5, 0.6) is 0 Å². The molecule has 0 aliphatic heterocycles. The number of H-pyrrole nitrogens is 1. The van der Waals surface area contributed by atoms with Crippen LogP contribution in [0.4, 0.5) is 5.82 Å². The third-order valence-electron chi connectivity index (χ3n) is 4.58. The van der Waals surface area contributed by atoms with Crippen LogP contribution in [0.2, 0.25) is 0 Å². The summed E-state index contributed by atoms with van der Waals surface area (Å²) in [6, 6.07) is 22.4. The Morgan fingerprint density at radius 1 is 0.963 bits per heavy atom. The van der Waals surface area contributed by atoms with E-state index < -0.39 is 0 Å². The number of nitrogens with two attached hydrogens (primary N) is 1. The van der Waals surface area contributed by atoms with Gasteiger partial charge in [-0.3, -0.25) is 0 Å². The van der Waals surface area contributed by atoms with Crippen molar-refractivity contribution in [1.29, 1.82) is 0 Å². The van der Waals surface area contributed by atoms with Gasteiger partial charge in [0.05, 0.1) is 6.61 Å². The molecule has 3 N–H and O–H groups in total. The highest BCUT2D eigenvalue weighted by Crippen LogP contribution is 2.32. The number of nitrogens with zero attached hydrogens (tertiary/aromatic N) is 3. The maximum absolute atomic E-state index is 6.01. The van der Waals surface area contributed by atoms with Crippen molar-refractivity contribution in [2.75, 3.05) is 12.3 Å². The predicted molar refractivity (Wildman–Crippen MR) is 105 cm³/mol. The van der Waals surface area contributed by atoms with Crippen LogP contribution in [0, 0.1) is 0 Å². The largest absolute Gasteiger partial charge is 0.384 e. The lowest BCUT2D eigenvalue weighted by molar-refractivity contribution is 0.116. The number of fused-ring (bicyclic) bond motifs is 1. The lowest BCUT2D eigenvalue weighted by Gasteiger charge is -2.18. The number of aromatic nitrogens is 4. The van der Waals surface area contributed by atoms with Crippen molar-refractivity contribution in [1.82, 2.24) is 20.4 Å². The lowest BCUT2D eigenvalue weighted by atomic mass is 9.88. The summed E-state index contributed by atoms with van der Waals surface area (Å²) in [6.45, 7) is 1.22. The zero-order valence-corrected chi connectivity index (χ0v) is 14.9. The lowest BCUT2D eigenvalue weighted by Crippen LogP contribution is -2.08. The van der Waals surface area contributed by atoms with Crippen LogP contribution in [0.15, 0.2) is 66.7 Å². The Labute approximate surface area is 157 Å². The Morgan fingerprint density at radius 2 is 1.70 bits per heavy atom. The molecule has 1 atom stereocenters. The summed E-state index contributed by atoms with van der Waals surface area (Å²) in [7, 11) is 0. The van der Waals surface area contributed by atoms with E-state index >= 15 is 0 Å². The predicted octanol–water partition coefficient (Wildman–Crippen LogP) is 3.67. The molecule has 0 spiro atoms. The fraction of sp³-hybridized carbons (Fsp3) is 0.190. The molecule has 0 bridgehead atoms. The number of hydrogen-bond donors (Lipinski definition) is 2. The Bertz CT molecular complexity index is 1000. The molecule has 6 nitrogen and oxygen atoms in total. The highest BCUT2D eigenvalue weighted by atomic mass is 16.5. The molecule has 27 heavy (non-hydrogen) atoms. The van der Waals surface area contributed by atoms with E-state index in [9.17, 15) is 0 Å². The Morgan fingerprint density at radius 3 is 2.48 bits per heavy atom. The number of aromatic amines is 1. The van der Waals surface area contributed by atoms with E-state index in [1.165, 1.54) is 11.1 Å². The van der Waals surface area contributed by atoms with Crippen molar-refractivity contribution in [2.45, 2.75) is 18.9 Å². The molecule has 0 aliphatic rings. The molecule has 0 radical (unpaired) electrons. The van der Waals surface area contributed by atoms with Gasteiger partial charge in [0, 0.05) is 12.5 Å². The molecule has 4 aromatic rings. The quantitative estimate of drug-likeness (QED) is 0.491. The molecule has 2 aromatic carbocycles. The van der Waals surface area contributed by atoms with Crippen LogP contribution in [0.3, 0.4) is 0 Å². The summed E-state index contributed by atoms with van der Waals surface area (Å²) in [4.78, 5) is 4.25. The van der Waals surface area contributed by atoms with Crippen LogP contribution in [0.1, 0.15) is 29.0 Å². The average molecular weight is 359 g/mol. The van der Waals surface area contributed by atoms with E-state index in [1.54, 1.807) is 0 Å². The molecule has 0 unspecified atom stereocenters. The maximum atomic E-state index is 6.01. The van der Waals surface area contributed by atoms with E-state index in [2.05, 4.69) is 44.7 Å². The van der Waals surface area contributed by atoms with Crippen LogP contribution in [-0.4, -0.2) is 27.0 Å². The molecule has 6 heteroatoms. The van der Waals surface area contributed by atoms with Crippen LogP contribution in [-0.2, 0) is 11.3 Å². The van der Waals surface area contributed by atoms with Crippen molar-refractivity contribution in [2.24, 2.45) is 0 Å². The number of rotatable bonds is 7. The molecule has 0 aliphatic carbocycles. The molecule has 136 valence electrons. The van der Waals surface area contributed by atoms with Crippen molar-refractivity contribution in [3.8, 4) is 0 Å². The molecule has 2 aromatic heterocycles. The number of anilines is 1. The molecule has 0 fully saturated rings. The van der Waals surface area contributed by atoms with Gasteiger partial charge < -0.3 is 10.5 Å². The number of ether oxygens (including phenoxy) is 1. The van der Waals surface area contributed by atoms with Crippen molar-refractivity contribution < 1.29 is 4.74 Å². The summed E-state index contributed by atoms with van der Waals surface area (Å²) in [5.74, 6) is 0.539. The van der Waals surface area contributed by atoms with E-state index in [-0.39, 0.29) is 5.92 Å². The van der Waals surface area contributed by atoms with Gasteiger partial charge in [-0.1, -0.05) is 60.7 Å². The van der Waals surface area contributed by atoms with Gasteiger partial charge in [0.15, 0.2) is 0 Å². The zero-order chi connectivity index (χ0) is 18.5. The third-order valence-corrected chi connectivity index (χ3v) is 4.58. The van der Waals surface area contributed by atoms with Crippen molar-refractivity contribution >= 4 is 17.0 Å². The molecule has 0 saturated heterocycles. The third kappa shape index (κ3) is 3.96. The van der Waals surface area contributed by atoms with Gasteiger partial charge >= 0.3 is 0 Å². The monoisotopic (exact) mass is 359 g/mol. The minimum absolute atomic E-state index is 0.0971. The van der Waals surface area contributed by atoms with Crippen LogP contribution >= 0.6 is 0 Å². The molecule has 0 saturated carbocycles. The van der Waals surface area contributed by atoms with Gasteiger partial charge in [0.2, 0.25) is 5.65 Å². The Kier molecular flexibility index (Phi) is 5.07. The molecule has 0 amide bonds. The summed E-state index contributed by atoms with van der Waals surface area (Å²) in [5, 5.41) is 11.0. The normalized spacial score (nSPS) is 12.3. The standard InChI is InChI=1S/C21H21N5O/c22-19-13-18(20-21(23-19)25-26-24-20)17(16-9-5-2-6-10-16)11-12-27-14-15-7-3-1-4-8-15/h1-10,13,17H,11-12,14H2,(H3,22,23,24,25,26)/t17-/m1/s1. The number of nitrogens with one attached hydrogen (secondary N) is 1. The second-order valence-corrected chi connectivity index (χ2v) is 6.42. The second kappa shape index (κ2) is 7.97. The first-order chi connectivity index (χ1) is 13.3. The minimum atomic E-state index is 0.0971. The average Bonchev–Trinajstić information content (AvgIpc) is 3.17. The van der Waals surface area contributed by atoms with Crippen molar-refractivity contribution in [3.05, 3.63) is 83.4 Å². The first-order valence-corrected chi connectivity index (χ1v) is 8.95. The van der Waals surface area contributed by atoms with Crippen LogP contribution in [0.25, 0.3) is 11.2 Å². The van der Waals surface area contributed by atoms with Gasteiger partial charge in [-0.25, -0.2) is 4.98 Å². The topological polar surface area (TPSA) is 89.7 Å². The van der Waals surface area contributed by atoms with Gasteiger partial charge in [-0.2, -0.15) is 10.3 Å². The molecule has 4 rings (SSSR count). The first-order valence-electron chi connectivity index (χ1n) is 8.95. The summed E-state index contributed by atoms with van der Waals surface area (Å²) in [5.41, 5.74) is 10.7. The Hall–Kier alpha value is -3.25. The number of nitrogen functional groups attached to an aromatic ring is 1. The number of hydrogen-bond acceptors (Lipinski definition) is 5. The van der Waals surface area contributed by atoms with Gasteiger partial charge in [-0.15, -0.1) is 5.10 Å². The highest BCUT2D eigenvalue weighted by Gasteiger charge is 2.20. The van der Waals surface area contributed by atoms with Gasteiger partial charge in [0.25, 0.3) is 0 Å². The summed E-state index contributed by atoms with van der Waals surface area (Å²) in [6.07, 6.45) is 0.808. The minimum Gasteiger partial charge on any atom is -0.384 e.